The molecule has 0 aliphatic carbocycles. The third-order valence-electron chi connectivity index (χ3n) is 3.00. The maximum absolute atomic E-state index is 6.14. The van der Waals surface area contributed by atoms with Crippen LogP contribution in [0.3, 0.4) is 0 Å². The van der Waals surface area contributed by atoms with E-state index in [4.69, 9.17) is 11.6 Å². The third kappa shape index (κ3) is 4.61. The van der Waals surface area contributed by atoms with Gasteiger partial charge in [-0.2, -0.15) is 0 Å². The summed E-state index contributed by atoms with van der Waals surface area (Å²) >= 11 is 7.86. The summed E-state index contributed by atoms with van der Waals surface area (Å²) in [6, 6.07) is 2.23. The SMILES string of the molecule is Cc1cc(C(C)(C)CCNCC(C)C)sc1Cl. The minimum atomic E-state index is 0.215. The predicted molar refractivity (Wildman–Crippen MR) is 79.4 cm³/mol. The van der Waals surface area contributed by atoms with Crippen LogP contribution in [-0.2, 0) is 5.41 Å². The van der Waals surface area contributed by atoms with Crippen molar-refractivity contribution in [2.24, 2.45) is 5.92 Å². The first-order valence-corrected chi connectivity index (χ1v) is 7.49. The number of thiophene rings is 1. The fourth-order valence-electron chi connectivity index (χ4n) is 1.71. The van der Waals surface area contributed by atoms with Gasteiger partial charge in [0, 0.05) is 10.3 Å². The van der Waals surface area contributed by atoms with Crippen LogP contribution in [0.5, 0.6) is 0 Å². The molecular weight excluding hydrogens is 250 g/mol. The molecule has 0 bridgehead atoms. The van der Waals surface area contributed by atoms with Crippen LogP contribution in [0, 0.1) is 12.8 Å². The van der Waals surface area contributed by atoms with Gasteiger partial charge in [-0.15, -0.1) is 11.3 Å². The number of nitrogens with one attached hydrogen (secondary N) is 1. The summed E-state index contributed by atoms with van der Waals surface area (Å²) in [4.78, 5) is 1.39. The quantitative estimate of drug-likeness (QED) is 0.746. The molecule has 0 aliphatic rings. The van der Waals surface area contributed by atoms with Crippen molar-refractivity contribution in [1.29, 1.82) is 0 Å². The highest BCUT2D eigenvalue weighted by Gasteiger charge is 2.23. The fourth-order valence-corrected chi connectivity index (χ4v) is 3.04. The molecule has 0 spiro atoms. The van der Waals surface area contributed by atoms with E-state index < -0.39 is 0 Å². The molecule has 98 valence electrons. The van der Waals surface area contributed by atoms with Gasteiger partial charge in [-0.25, -0.2) is 0 Å². The Bertz CT molecular complexity index is 336. The smallest absolute Gasteiger partial charge is 0.0960 e. The lowest BCUT2D eigenvalue weighted by Crippen LogP contribution is -2.27. The minimum absolute atomic E-state index is 0.215. The molecule has 0 fully saturated rings. The lowest BCUT2D eigenvalue weighted by molar-refractivity contribution is 0.448. The van der Waals surface area contributed by atoms with Gasteiger partial charge in [0.1, 0.15) is 0 Å². The van der Waals surface area contributed by atoms with Crippen LogP contribution in [0.1, 0.15) is 44.6 Å². The zero-order valence-electron chi connectivity index (χ0n) is 11.6. The number of halogens is 1. The molecule has 0 aromatic carbocycles. The van der Waals surface area contributed by atoms with Gasteiger partial charge in [-0.1, -0.05) is 39.3 Å². The van der Waals surface area contributed by atoms with E-state index in [1.807, 2.05) is 0 Å². The molecule has 0 saturated heterocycles. The normalized spacial score (nSPS) is 12.4. The Labute approximate surface area is 115 Å². The number of hydrogen-bond donors (Lipinski definition) is 1. The maximum Gasteiger partial charge on any atom is 0.0960 e. The summed E-state index contributed by atoms with van der Waals surface area (Å²) < 4.78 is 0.934. The lowest BCUT2D eigenvalue weighted by atomic mass is 9.87. The molecule has 3 heteroatoms. The first-order chi connectivity index (χ1) is 7.83. The van der Waals surface area contributed by atoms with E-state index in [0.29, 0.717) is 0 Å². The average molecular weight is 274 g/mol. The van der Waals surface area contributed by atoms with Crippen LogP contribution in [0.4, 0.5) is 0 Å². The van der Waals surface area contributed by atoms with Gasteiger partial charge in [-0.05, 0) is 44.0 Å². The van der Waals surface area contributed by atoms with Gasteiger partial charge in [0.15, 0.2) is 0 Å². The molecule has 1 N–H and O–H groups in total. The van der Waals surface area contributed by atoms with E-state index in [1.165, 1.54) is 10.4 Å². The van der Waals surface area contributed by atoms with Crippen molar-refractivity contribution in [3.63, 3.8) is 0 Å². The molecule has 1 rings (SSSR count). The van der Waals surface area contributed by atoms with Gasteiger partial charge >= 0.3 is 0 Å². The van der Waals surface area contributed by atoms with Crippen LogP contribution >= 0.6 is 22.9 Å². The monoisotopic (exact) mass is 273 g/mol. The van der Waals surface area contributed by atoms with Gasteiger partial charge in [0.05, 0.1) is 4.34 Å². The van der Waals surface area contributed by atoms with Crippen molar-refractivity contribution in [3.8, 4) is 0 Å². The Morgan fingerprint density at radius 2 is 2.06 bits per heavy atom. The molecule has 0 atom stereocenters. The van der Waals surface area contributed by atoms with Gasteiger partial charge in [0.25, 0.3) is 0 Å². The van der Waals surface area contributed by atoms with Crippen LogP contribution in [0.25, 0.3) is 0 Å². The lowest BCUT2D eigenvalue weighted by Gasteiger charge is -2.23. The second-order valence-corrected chi connectivity index (χ2v) is 7.45. The molecule has 0 unspecified atom stereocenters. The average Bonchev–Trinajstić information content (AvgIpc) is 2.55. The Morgan fingerprint density at radius 3 is 2.53 bits per heavy atom. The Hall–Kier alpha value is -0.0500. The number of rotatable bonds is 6. The molecule has 0 aliphatic heterocycles. The maximum atomic E-state index is 6.14. The molecule has 0 saturated carbocycles. The second kappa shape index (κ2) is 6.21. The van der Waals surface area contributed by atoms with Crippen molar-refractivity contribution < 1.29 is 0 Å². The first kappa shape index (κ1) is 15.0. The molecular formula is C14H24ClNS. The Kier molecular flexibility index (Phi) is 5.49. The zero-order chi connectivity index (χ0) is 13.1. The molecule has 1 heterocycles. The number of aryl methyl sites for hydroxylation is 1. The molecule has 0 amide bonds. The van der Waals surface area contributed by atoms with Crippen molar-refractivity contribution in [3.05, 3.63) is 20.8 Å². The molecule has 1 aromatic heterocycles. The van der Waals surface area contributed by atoms with E-state index in [2.05, 4.69) is 46.0 Å². The first-order valence-electron chi connectivity index (χ1n) is 6.30. The van der Waals surface area contributed by atoms with Gasteiger partial charge < -0.3 is 5.32 Å². The fraction of sp³-hybridized carbons (Fsp3) is 0.714. The summed E-state index contributed by atoms with van der Waals surface area (Å²) in [5.74, 6) is 0.719. The van der Waals surface area contributed by atoms with Crippen molar-refractivity contribution in [2.75, 3.05) is 13.1 Å². The molecule has 1 aromatic rings. The standard InChI is InChI=1S/C14H24ClNS/c1-10(2)9-16-7-6-14(4,5)12-8-11(3)13(15)17-12/h8,10,16H,6-7,9H2,1-5H3. The van der Waals surface area contributed by atoms with Crippen molar-refractivity contribution in [1.82, 2.24) is 5.32 Å². The summed E-state index contributed by atoms with van der Waals surface area (Å²) in [5.41, 5.74) is 1.42. The van der Waals surface area contributed by atoms with Crippen molar-refractivity contribution >= 4 is 22.9 Å². The van der Waals surface area contributed by atoms with E-state index >= 15 is 0 Å². The van der Waals surface area contributed by atoms with E-state index in [1.54, 1.807) is 11.3 Å². The third-order valence-corrected chi connectivity index (χ3v) is 4.92. The topological polar surface area (TPSA) is 12.0 Å². The second-order valence-electron chi connectivity index (χ2n) is 5.80. The zero-order valence-corrected chi connectivity index (χ0v) is 13.1. The summed E-state index contributed by atoms with van der Waals surface area (Å²) in [5, 5.41) is 3.50. The minimum Gasteiger partial charge on any atom is -0.316 e. The largest absolute Gasteiger partial charge is 0.316 e. The Morgan fingerprint density at radius 1 is 1.41 bits per heavy atom. The highest BCUT2D eigenvalue weighted by atomic mass is 35.5. The van der Waals surface area contributed by atoms with Gasteiger partial charge in [0.2, 0.25) is 0 Å². The van der Waals surface area contributed by atoms with Crippen LogP contribution in [0.2, 0.25) is 4.34 Å². The summed E-state index contributed by atoms with van der Waals surface area (Å²) in [6.07, 6.45) is 1.15. The highest BCUT2D eigenvalue weighted by Crippen LogP contribution is 2.37. The van der Waals surface area contributed by atoms with Crippen molar-refractivity contribution in [2.45, 2.75) is 46.5 Å². The van der Waals surface area contributed by atoms with E-state index in [9.17, 15) is 0 Å². The predicted octanol–water partition coefficient (Wildman–Crippen LogP) is 4.62. The molecule has 0 radical (unpaired) electrons. The van der Waals surface area contributed by atoms with Gasteiger partial charge in [-0.3, -0.25) is 0 Å². The molecule has 17 heavy (non-hydrogen) atoms. The van der Waals surface area contributed by atoms with Crippen LogP contribution in [-0.4, -0.2) is 13.1 Å². The van der Waals surface area contributed by atoms with Crippen LogP contribution < -0.4 is 5.32 Å². The highest BCUT2D eigenvalue weighted by molar-refractivity contribution is 7.16. The Balaban J connectivity index is 2.50. The molecule has 1 nitrogen and oxygen atoms in total. The van der Waals surface area contributed by atoms with Crippen LogP contribution in [0.15, 0.2) is 6.07 Å². The van der Waals surface area contributed by atoms with E-state index in [-0.39, 0.29) is 5.41 Å². The summed E-state index contributed by atoms with van der Waals surface area (Å²) in [7, 11) is 0. The van der Waals surface area contributed by atoms with E-state index in [0.717, 1.165) is 29.8 Å². The summed E-state index contributed by atoms with van der Waals surface area (Å²) in [6.45, 7) is 13.3. The number of hydrogen-bond acceptors (Lipinski definition) is 2.